The van der Waals surface area contributed by atoms with E-state index in [1.54, 1.807) is 24.7 Å². The molecule has 0 atom stereocenters. The molecule has 10 rings (SSSR count). The van der Waals surface area contributed by atoms with Gasteiger partial charge in [-0.15, -0.1) is 0 Å². The van der Waals surface area contributed by atoms with E-state index in [-0.39, 0.29) is 0 Å². The van der Waals surface area contributed by atoms with E-state index in [9.17, 15) is 26.3 Å². The van der Waals surface area contributed by atoms with Crippen LogP contribution in [0.25, 0.3) is 78.0 Å². The number of aliphatic imine (C=N–C) groups is 1. The van der Waals surface area contributed by atoms with Crippen molar-refractivity contribution in [1.82, 2.24) is 24.1 Å². The average Bonchev–Trinajstić information content (AvgIpc) is 3.76. The van der Waals surface area contributed by atoms with Crippen LogP contribution in [0.1, 0.15) is 22.4 Å². The maximum Gasteiger partial charge on any atom is 0.416 e. The lowest BCUT2D eigenvalue weighted by molar-refractivity contribution is -0.138. The Morgan fingerprint density at radius 3 is 1.67 bits per heavy atom. The first-order valence-corrected chi connectivity index (χ1v) is 18.4. The minimum Gasteiger partial charge on any atom is -0.308 e. The molecular formula is C46H28F6N6. The number of halogens is 6. The van der Waals surface area contributed by atoms with Crippen molar-refractivity contribution in [3.63, 3.8) is 0 Å². The Labute approximate surface area is 326 Å². The van der Waals surface area contributed by atoms with Gasteiger partial charge in [0.05, 0.1) is 62.3 Å². The van der Waals surface area contributed by atoms with E-state index in [0.29, 0.717) is 68.5 Å². The quantitative estimate of drug-likeness (QED) is 0.164. The molecule has 1 aliphatic heterocycles. The van der Waals surface area contributed by atoms with E-state index < -0.39 is 23.5 Å². The standard InChI is InChI=1S/C46H28F6N6/c47-45(48,49)29-13-15-41-35(23-29)33-17-19-53-25-43(33)57(41)31-7-1-5-27(21-31)37-9-3-11-39(55-37)40-12-4-10-38(56-40)28-6-2-8-32(22-28)58-42-16-14-30(46(50,51)52)24-36(42)34-18-20-54-26-44(34)58/h1-17,19,21-26H,18,20H2. The lowest BCUT2D eigenvalue weighted by Crippen LogP contribution is -2.06. The van der Waals surface area contributed by atoms with Crippen LogP contribution in [-0.2, 0) is 18.8 Å². The van der Waals surface area contributed by atoms with Gasteiger partial charge >= 0.3 is 12.4 Å². The zero-order valence-electron chi connectivity index (χ0n) is 30.2. The van der Waals surface area contributed by atoms with Gasteiger partial charge in [0.15, 0.2) is 0 Å². The summed E-state index contributed by atoms with van der Waals surface area (Å²) >= 11 is 0. The number of hydrogen-bond donors (Lipinski definition) is 0. The SMILES string of the molecule is FC(F)(F)c1ccc2c(c1)c1c(n2-c2cccc(-c3cccc(-c4cccc(-c5cccc(-n6c7ccc(C(F)(F)F)cc7c7ccncc76)c5)n4)n3)c2)C=NCC1. The minimum absolute atomic E-state index is 0.476. The predicted octanol–water partition coefficient (Wildman–Crippen LogP) is 11.9. The van der Waals surface area contributed by atoms with Crippen molar-refractivity contribution in [2.75, 3.05) is 6.54 Å². The van der Waals surface area contributed by atoms with Crippen LogP contribution >= 0.6 is 0 Å². The molecule has 5 aromatic heterocycles. The monoisotopic (exact) mass is 778 g/mol. The Hall–Kier alpha value is -7.08. The first-order chi connectivity index (χ1) is 28.0. The van der Waals surface area contributed by atoms with E-state index in [1.807, 2.05) is 94.1 Å². The number of fused-ring (bicyclic) bond motifs is 6. The van der Waals surface area contributed by atoms with Crippen LogP contribution in [0.3, 0.4) is 0 Å². The summed E-state index contributed by atoms with van der Waals surface area (Å²) < 4.78 is 86.1. The third kappa shape index (κ3) is 5.99. The van der Waals surface area contributed by atoms with Crippen LogP contribution in [0.4, 0.5) is 26.3 Å². The fourth-order valence-electron chi connectivity index (χ4n) is 7.96. The number of rotatable bonds is 5. The molecule has 0 bridgehead atoms. The predicted molar refractivity (Wildman–Crippen MR) is 213 cm³/mol. The summed E-state index contributed by atoms with van der Waals surface area (Å²) in [6, 6.07) is 36.1. The van der Waals surface area contributed by atoms with Gasteiger partial charge in [0.2, 0.25) is 0 Å². The Morgan fingerprint density at radius 1 is 0.500 bits per heavy atom. The lowest BCUT2D eigenvalue weighted by atomic mass is 10.0. The molecule has 58 heavy (non-hydrogen) atoms. The highest BCUT2D eigenvalue weighted by molar-refractivity contribution is 6.09. The van der Waals surface area contributed by atoms with Gasteiger partial charge in [-0.25, -0.2) is 9.97 Å². The maximum atomic E-state index is 13.7. The molecular weight excluding hydrogens is 751 g/mol. The van der Waals surface area contributed by atoms with Gasteiger partial charge in [0.25, 0.3) is 0 Å². The summed E-state index contributed by atoms with van der Waals surface area (Å²) in [5.74, 6) is 0. The van der Waals surface area contributed by atoms with Gasteiger partial charge in [0, 0.05) is 57.6 Å². The molecule has 0 aliphatic carbocycles. The second-order valence-corrected chi connectivity index (χ2v) is 14.1. The van der Waals surface area contributed by atoms with Gasteiger partial charge in [-0.3, -0.25) is 9.98 Å². The van der Waals surface area contributed by atoms with Gasteiger partial charge in [0.1, 0.15) is 0 Å². The third-order valence-corrected chi connectivity index (χ3v) is 10.6. The van der Waals surface area contributed by atoms with E-state index in [4.69, 9.17) is 9.97 Å². The summed E-state index contributed by atoms with van der Waals surface area (Å²) in [5, 5.41) is 1.70. The second-order valence-electron chi connectivity index (χ2n) is 14.1. The Bertz CT molecular complexity index is 3120. The smallest absolute Gasteiger partial charge is 0.308 e. The van der Waals surface area contributed by atoms with Gasteiger partial charge in [-0.1, -0.05) is 36.4 Å². The molecule has 0 amide bonds. The zero-order valence-corrected chi connectivity index (χ0v) is 30.2. The highest BCUT2D eigenvalue weighted by Crippen LogP contribution is 2.39. The first kappa shape index (κ1) is 35.3. The highest BCUT2D eigenvalue weighted by atomic mass is 19.4. The molecule has 0 saturated heterocycles. The summed E-state index contributed by atoms with van der Waals surface area (Å²) in [5.41, 5.74) is 7.87. The molecule has 0 radical (unpaired) electrons. The van der Waals surface area contributed by atoms with Crippen molar-refractivity contribution in [2.24, 2.45) is 4.99 Å². The van der Waals surface area contributed by atoms with Crippen LogP contribution in [-0.4, -0.2) is 36.8 Å². The number of benzene rings is 4. The summed E-state index contributed by atoms with van der Waals surface area (Å²) in [6.07, 6.45) is -3.43. The number of nitrogens with zero attached hydrogens (tertiary/aromatic N) is 6. The molecule has 0 saturated carbocycles. The van der Waals surface area contributed by atoms with Crippen LogP contribution in [0, 0.1) is 0 Å². The molecule has 0 spiro atoms. The molecule has 12 heteroatoms. The third-order valence-electron chi connectivity index (χ3n) is 10.6. The van der Waals surface area contributed by atoms with Crippen LogP contribution in [0.15, 0.2) is 145 Å². The molecule has 0 N–H and O–H groups in total. The summed E-state index contributed by atoms with van der Waals surface area (Å²) in [6.45, 7) is 0.508. The minimum atomic E-state index is -4.48. The second kappa shape index (κ2) is 13.3. The Balaban J connectivity index is 1.01. The largest absolute Gasteiger partial charge is 0.416 e. The van der Waals surface area contributed by atoms with Gasteiger partial charge in [-0.2, -0.15) is 26.3 Å². The molecule has 4 aromatic carbocycles. The number of hydrogen-bond acceptors (Lipinski definition) is 4. The fourth-order valence-corrected chi connectivity index (χ4v) is 7.96. The molecule has 6 nitrogen and oxygen atoms in total. The van der Waals surface area contributed by atoms with Crippen molar-refractivity contribution in [3.05, 3.63) is 162 Å². The number of aromatic nitrogens is 5. The van der Waals surface area contributed by atoms with Crippen LogP contribution < -0.4 is 0 Å². The first-order valence-electron chi connectivity index (χ1n) is 18.4. The van der Waals surface area contributed by atoms with Crippen molar-refractivity contribution in [2.45, 2.75) is 18.8 Å². The molecule has 1 aliphatic rings. The normalized spacial score (nSPS) is 13.1. The average molecular weight is 779 g/mol. The molecule has 0 unspecified atom stereocenters. The topological polar surface area (TPSA) is 60.9 Å². The van der Waals surface area contributed by atoms with E-state index in [1.165, 1.54) is 24.3 Å². The molecule has 284 valence electrons. The molecule has 6 heterocycles. The van der Waals surface area contributed by atoms with E-state index in [0.717, 1.165) is 45.9 Å². The number of pyridine rings is 3. The van der Waals surface area contributed by atoms with Crippen molar-refractivity contribution < 1.29 is 26.3 Å². The van der Waals surface area contributed by atoms with Crippen LogP contribution in [0.5, 0.6) is 0 Å². The Morgan fingerprint density at radius 2 is 1.05 bits per heavy atom. The zero-order chi connectivity index (χ0) is 39.8. The van der Waals surface area contributed by atoms with E-state index in [2.05, 4.69) is 9.98 Å². The Kier molecular flexibility index (Phi) is 8.08. The summed E-state index contributed by atoms with van der Waals surface area (Å²) in [4.78, 5) is 18.7. The van der Waals surface area contributed by atoms with Crippen molar-refractivity contribution in [3.8, 4) is 45.3 Å². The fraction of sp³-hybridized carbons (Fsp3) is 0.0870. The van der Waals surface area contributed by atoms with Crippen molar-refractivity contribution in [1.29, 1.82) is 0 Å². The van der Waals surface area contributed by atoms with Gasteiger partial charge < -0.3 is 9.13 Å². The lowest BCUT2D eigenvalue weighted by Gasteiger charge is -2.13. The highest BCUT2D eigenvalue weighted by Gasteiger charge is 2.33. The van der Waals surface area contributed by atoms with Gasteiger partial charge in [-0.05, 0) is 103 Å². The van der Waals surface area contributed by atoms with Crippen LogP contribution in [0.2, 0.25) is 0 Å². The molecule has 0 fully saturated rings. The molecule has 9 aromatic rings. The van der Waals surface area contributed by atoms with Crippen molar-refractivity contribution >= 4 is 38.9 Å². The summed E-state index contributed by atoms with van der Waals surface area (Å²) in [7, 11) is 0. The number of alkyl halides is 6. The maximum absolute atomic E-state index is 13.7. The van der Waals surface area contributed by atoms with E-state index >= 15 is 0 Å².